The molecule has 33 heavy (non-hydrogen) atoms. The van der Waals surface area contributed by atoms with Crippen molar-refractivity contribution in [1.29, 1.82) is 0 Å². The first-order valence-corrected chi connectivity index (χ1v) is 10.6. The number of halogens is 5. The molecule has 0 fully saturated rings. The van der Waals surface area contributed by atoms with E-state index in [2.05, 4.69) is 5.16 Å². The van der Waals surface area contributed by atoms with Gasteiger partial charge in [-0.1, -0.05) is 28.4 Å². The molecule has 0 aliphatic rings. The number of alkyl halides is 3. The van der Waals surface area contributed by atoms with Crippen LogP contribution >= 0.6 is 23.2 Å². The van der Waals surface area contributed by atoms with Gasteiger partial charge in [-0.15, -0.1) is 0 Å². The number of ether oxygens (including phenoxy) is 3. The third kappa shape index (κ3) is 9.84. The van der Waals surface area contributed by atoms with Gasteiger partial charge in [-0.2, -0.15) is 13.2 Å². The van der Waals surface area contributed by atoms with Gasteiger partial charge in [-0.3, -0.25) is 0 Å². The fourth-order valence-electron chi connectivity index (χ4n) is 2.33. The number of nitrogens with zero attached hydrogens (tertiary/aromatic N) is 1. The molecular weight excluding hydrogens is 482 g/mol. The Labute approximate surface area is 200 Å². The van der Waals surface area contributed by atoms with Gasteiger partial charge in [0.05, 0.1) is 0 Å². The number of oxime groups is 1. The summed E-state index contributed by atoms with van der Waals surface area (Å²) in [6, 6.07) is 13.0. The number of rotatable bonds is 9. The SMILES string of the molecule is CC(Oc1ccc(Oc2ccc(OCC=C(Cl)Cl)cc2)cc1)C(=NOC(C)(C)C)C(F)(F)F. The van der Waals surface area contributed by atoms with E-state index in [4.69, 9.17) is 42.3 Å². The van der Waals surface area contributed by atoms with Crippen LogP contribution in [0.4, 0.5) is 13.2 Å². The lowest BCUT2D eigenvalue weighted by molar-refractivity contribution is -0.0743. The van der Waals surface area contributed by atoms with Crippen LogP contribution in [0.2, 0.25) is 0 Å². The van der Waals surface area contributed by atoms with Gasteiger partial charge in [0.15, 0.2) is 0 Å². The second-order valence-electron chi connectivity index (χ2n) is 7.79. The predicted octanol–water partition coefficient (Wildman–Crippen LogP) is 7.68. The van der Waals surface area contributed by atoms with E-state index in [-0.39, 0.29) is 16.8 Å². The van der Waals surface area contributed by atoms with Crippen molar-refractivity contribution in [1.82, 2.24) is 0 Å². The molecule has 5 nitrogen and oxygen atoms in total. The van der Waals surface area contributed by atoms with E-state index in [1.165, 1.54) is 25.1 Å². The Morgan fingerprint density at radius 3 is 1.85 bits per heavy atom. The maximum Gasteiger partial charge on any atom is 0.436 e. The van der Waals surface area contributed by atoms with E-state index in [1.807, 2.05) is 0 Å². The topological polar surface area (TPSA) is 49.3 Å². The van der Waals surface area contributed by atoms with Crippen LogP contribution in [0, 0.1) is 0 Å². The highest BCUT2D eigenvalue weighted by molar-refractivity contribution is 6.55. The number of hydrogen-bond acceptors (Lipinski definition) is 5. The summed E-state index contributed by atoms with van der Waals surface area (Å²) < 4.78 is 56.8. The van der Waals surface area contributed by atoms with E-state index < -0.39 is 23.6 Å². The maximum atomic E-state index is 13.4. The van der Waals surface area contributed by atoms with Crippen molar-refractivity contribution in [3.8, 4) is 23.0 Å². The third-order valence-electron chi connectivity index (χ3n) is 3.78. The molecule has 2 aromatic carbocycles. The lowest BCUT2D eigenvalue weighted by Crippen LogP contribution is -2.37. The lowest BCUT2D eigenvalue weighted by atomic mass is 10.2. The van der Waals surface area contributed by atoms with Crippen molar-refractivity contribution in [2.45, 2.75) is 45.6 Å². The monoisotopic (exact) mass is 505 g/mol. The van der Waals surface area contributed by atoms with Crippen molar-refractivity contribution in [3.63, 3.8) is 0 Å². The molecule has 10 heteroatoms. The molecule has 0 saturated carbocycles. The van der Waals surface area contributed by atoms with E-state index >= 15 is 0 Å². The summed E-state index contributed by atoms with van der Waals surface area (Å²) in [6.07, 6.45) is -4.56. The largest absolute Gasteiger partial charge is 0.489 e. The smallest absolute Gasteiger partial charge is 0.436 e. The van der Waals surface area contributed by atoms with E-state index in [0.29, 0.717) is 17.2 Å². The van der Waals surface area contributed by atoms with Gasteiger partial charge in [0.2, 0.25) is 5.71 Å². The fourth-order valence-corrected chi connectivity index (χ4v) is 2.46. The van der Waals surface area contributed by atoms with E-state index in [0.717, 1.165) is 0 Å². The molecule has 0 heterocycles. The average molecular weight is 506 g/mol. The molecule has 0 bridgehead atoms. The Morgan fingerprint density at radius 1 is 0.909 bits per heavy atom. The highest BCUT2D eigenvalue weighted by Crippen LogP contribution is 2.28. The molecule has 1 unspecified atom stereocenters. The van der Waals surface area contributed by atoms with E-state index in [1.54, 1.807) is 57.2 Å². The molecule has 0 N–H and O–H groups in total. The predicted molar refractivity (Wildman–Crippen MR) is 123 cm³/mol. The standard InChI is InChI=1S/C23H24Cl2F3NO4/c1-15(21(23(26,27)28)29-33-22(2,3)4)31-17-9-11-19(12-10-17)32-18-7-5-16(6-8-18)30-14-13-20(24)25/h5-13,15H,14H2,1-4H3. The van der Waals surface area contributed by atoms with Crippen LogP contribution in [0.3, 0.4) is 0 Å². The molecule has 0 radical (unpaired) electrons. The van der Waals surface area contributed by atoms with Crippen LogP contribution in [0.25, 0.3) is 0 Å². The number of hydrogen-bond donors (Lipinski definition) is 0. The van der Waals surface area contributed by atoms with Crippen LogP contribution in [0.1, 0.15) is 27.7 Å². The summed E-state index contributed by atoms with van der Waals surface area (Å²) in [5, 5.41) is 3.29. The normalized spacial score (nSPS) is 13.2. The van der Waals surface area contributed by atoms with Crippen molar-refractivity contribution in [2.75, 3.05) is 6.61 Å². The van der Waals surface area contributed by atoms with Gasteiger partial charge in [0.1, 0.15) is 45.8 Å². The third-order valence-corrected chi connectivity index (χ3v) is 4.09. The summed E-state index contributed by atoms with van der Waals surface area (Å²) in [6.45, 7) is 6.29. The van der Waals surface area contributed by atoms with Crippen molar-refractivity contribution < 1.29 is 32.2 Å². The van der Waals surface area contributed by atoms with Crippen LogP contribution in [-0.2, 0) is 4.84 Å². The van der Waals surface area contributed by atoms with Gasteiger partial charge in [0, 0.05) is 0 Å². The molecular formula is C23H24Cl2F3NO4. The Kier molecular flexibility index (Phi) is 9.31. The first-order valence-electron chi connectivity index (χ1n) is 9.85. The van der Waals surface area contributed by atoms with Gasteiger partial charge >= 0.3 is 6.18 Å². The Bertz CT molecular complexity index is 950. The quantitative estimate of drug-likeness (QED) is 0.259. The van der Waals surface area contributed by atoms with Gasteiger partial charge < -0.3 is 19.0 Å². The molecule has 2 rings (SSSR count). The summed E-state index contributed by atoms with van der Waals surface area (Å²) in [7, 11) is 0. The maximum absolute atomic E-state index is 13.4. The van der Waals surface area contributed by atoms with Gasteiger partial charge in [0.25, 0.3) is 0 Å². The zero-order chi connectivity index (χ0) is 24.6. The second kappa shape index (κ2) is 11.5. The number of benzene rings is 2. The highest BCUT2D eigenvalue weighted by atomic mass is 35.5. The molecule has 0 spiro atoms. The highest BCUT2D eigenvalue weighted by Gasteiger charge is 2.41. The minimum absolute atomic E-state index is 0.122. The summed E-state index contributed by atoms with van der Waals surface area (Å²) in [4.78, 5) is 4.95. The van der Waals surface area contributed by atoms with Crippen molar-refractivity contribution in [3.05, 3.63) is 59.1 Å². The first kappa shape index (κ1) is 26.7. The molecule has 2 aromatic rings. The molecule has 0 aliphatic carbocycles. The fraction of sp³-hybridized carbons (Fsp3) is 0.348. The van der Waals surface area contributed by atoms with Gasteiger partial charge in [-0.05, 0) is 82.3 Å². The van der Waals surface area contributed by atoms with Crippen LogP contribution < -0.4 is 14.2 Å². The average Bonchev–Trinajstić information content (AvgIpc) is 2.69. The van der Waals surface area contributed by atoms with Crippen molar-refractivity contribution >= 4 is 28.9 Å². The molecule has 0 aliphatic heterocycles. The summed E-state index contributed by atoms with van der Waals surface area (Å²) >= 11 is 11.0. The Morgan fingerprint density at radius 2 is 1.39 bits per heavy atom. The Balaban J connectivity index is 1.99. The summed E-state index contributed by atoms with van der Waals surface area (Å²) in [5.74, 6) is 1.84. The minimum Gasteiger partial charge on any atom is -0.489 e. The van der Waals surface area contributed by atoms with Crippen molar-refractivity contribution in [2.24, 2.45) is 5.16 Å². The lowest BCUT2D eigenvalue weighted by Gasteiger charge is -2.21. The molecule has 0 aromatic heterocycles. The van der Waals surface area contributed by atoms with Gasteiger partial charge in [-0.25, -0.2) is 0 Å². The molecule has 1 atom stereocenters. The molecule has 0 amide bonds. The minimum atomic E-state index is -4.70. The summed E-state index contributed by atoms with van der Waals surface area (Å²) in [5.41, 5.74) is -2.03. The molecule has 0 saturated heterocycles. The second-order valence-corrected chi connectivity index (χ2v) is 8.80. The zero-order valence-corrected chi connectivity index (χ0v) is 20.0. The molecule has 180 valence electrons. The Hall–Kier alpha value is -2.58. The van der Waals surface area contributed by atoms with Crippen LogP contribution in [-0.4, -0.2) is 30.2 Å². The first-order chi connectivity index (χ1) is 15.3. The van der Waals surface area contributed by atoms with Crippen LogP contribution in [0.15, 0.2) is 64.3 Å². The van der Waals surface area contributed by atoms with Crippen LogP contribution in [0.5, 0.6) is 23.0 Å². The van der Waals surface area contributed by atoms with E-state index in [9.17, 15) is 13.2 Å². The zero-order valence-electron chi connectivity index (χ0n) is 18.5.